The number of amides is 1. The molecule has 0 saturated carbocycles. The minimum Gasteiger partial charge on any atom is -0.322 e. The van der Waals surface area contributed by atoms with Crippen LogP contribution in [0.25, 0.3) is 6.08 Å². The highest BCUT2D eigenvalue weighted by Crippen LogP contribution is 2.20. The lowest BCUT2D eigenvalue weighted by Crippen LogP contribution is -2.31. The molecule has 0 bridgehead atoms. The highest BCUT2D eigenvalue weighted by molar-refractivity contribution is 7.99. The van der Waals surface area contributed by atoms with Gasteiger partial charge in [-0.05, 0) is 47.9 Å². The fourth-order valence-corrected chi connectivity index (χ4v) is 6.23. The average molecular weight is 488 g/mol. The molecular formula is C25H33N3O3S2. The van der Waals surface area contributed by atoms with Crippen molar-refractivity contribution in [1.82, 2.24) is 9.21 Å². The van der Waals surface area contributed by atoms with Gasteiger partial charge in [-0.15, -0.1) is 0 Å². The van der Waals surface area contributed by atoms with Crippen LogP contribution in [0, 0.1) is 6.92 Å². The number of rotatable bonds is 9. The van der Waals surface area contributed by atoms with E-state index in [0.29, 0.717) is 13.1 Å². The molecule has 0 spiro atoms. The summed E-state index contributed by atoms with van der Waals surface area (Å²) in [5.41, 5.74) is 3.85. The highest BCUT2D eigenvalue weighted by atomic mass is 32.2. The van der Waals surface area contributed by atoms with Crippen LogP contribution < -0.4 is 5.32 Å². The van der Waals surface area contributed by atoms with E-state index in [9.17, 15) is 13.2 Å². The summed E-state index contributed by atoms with van der Waals surface area (Å²) < 4.78 is 26.6. The first-order chi connectivity index (χ1) is 15.8. The van der Waals surface area contributed by atoms with Gasteiger partial charge in [0.1, 0.15) is 0 Å². The van der Waals surface area contributed by atoms with Crippen LogP contribution in [-0.2, 0) is 21.4 Å². The lowest BCUT2D eigenvalue weighted by Gasteiger charge is -2.26. The van der Waals surface area contributed by atoms with Crippen molar-refractivity contribution in [1.29, 1.82) is 0 Å². The van der Waals surface area contributed by atoms with Crippen molar-refractivity contribution in [2.75, 3.05) is 43.0 Å². The number of hydrogen-bond donors (Lipinski definition) is 1. The van der Waals surface area contributed by atoms with Gasteiger partial charge in [0.2, 0.25) is 15.9 Å². The molecule has 1 heterocycles. The van der Waals surface area contributed by atoms with Crippen molar-refractivity contribution in [2.24, 2.45) is 0 Å². The zero-order valence-corrected chi connectivity index (χ0v) is 21.2. The quantitative estimate of drug-likeness (QED) is 0.536. The van der Waals surface area contributed by atoms with Gasteiger partial charge in [0.15, 0.2) is 0 Å². The number of sulfonamides is 1. The van der Waals surface area contributed by atoms with Crippen molar-refractivity contribution in [3.8, 4) is 0 Å². The van der Waals surface area contributed by atoms with Gasteiger partial charge in [0, 0.05) is 56.0 Å². The summed E-state index contributed by atoms with van der Waals surface area (Å²) in [5, 5.41) is 2.93. The van der Waals surface area contributed by atoms with E-state index in [1.807, 2.05) is 38.6 Å². The Balaban J connectivity index is 1.59. The highest BCUT2D eigenvalue weighted by Gasteiger charge is 2.21. The maximum Gasteiger partial charge on any atom is 0.248 e. The summed E-state index contributed by atoms with van der Waals surface area (Å²) >= 11 is 2.00. The standard InChI is InChI=1S/C25H33N3O3S2/c1-4-28(5-2)33(30,31)23-10-6-21(7-11-23)9-13-25(29)26-24-12-8-22(18-20(24)3)19-27-14-16-32-17-15-27/h6-13,18H,4-5,14-17,19H2,1-3H3,(H,26,29)/b13-9+. The number of benzene rings is 2. The normalized spacial score (nSPS) is 15.3. The minimum absolute atomic E-state index is 0.223. The van der Waals surface area contributed by atoms with Crippen LogP contribution in [-0.4, -0.2) is 61.2 Å². The van der Waals surface area contributed by atoms with Gasteiger partial charge in [-0.2, -0.15) is 16.1 Å². The summed E-state index contributed by atoms with van der Waals surface area (Å²) in [6.07, 6.45) is 3.15. The van der Waals surface area contributed by atoms with Gasteiger partial charge in [0.05, 0.1) is 4.90 Å². The Kier molecular flexibility index (Phi) is 9.14. The third-order valence-corrected chi connectivity index (χ3v) is 8.72. The lowest BCUT2D eigenvalue weighted by molar-refractivity contribution is -0.111. The largest absolute Gasteiger partial charge is 0.322 e. The van der Waals surface area contributed by atoms with Crippen molar-refractivity contribution in [3.05, 3.63) is 65.2 Å². The molecule has 0 unspecified atom stereocenters. The molecule has 1 aliphatic heterocycles. The fourth-order valence-electron chi connectivity index (χ4n) is 3.79. The molecule has 1 amide bonds. The van der Waals surface area contributed by atoms with Crippen LogP contribution in [0.15, 0.2) is 53.4 Å². The lowest BCUT2D eigenvalue weighted by atomic mass is 10.1. The molecule has 1 saturated heterocycles. The Hall–Kier alpha value is -2.13. The molecular weight excluding hydrogens is 454 g/mol. The van der Waals surface area contributed by atoms with E-state index < -0.39 is 10.0 Å². The predicted octanol–water partition coefficient (Wildman–Crippen LogP) is 4.23. The van der Waals surface area contributed by atoms with Gasteiger partial charge in [-0.3, -0.25) is 9.69 Å². The van der Waals surface area contributed by atoms with Gasteiger partial charge in [0.25, 0.3) is 0 Å². The number of carbonyl (C=O) groups is 1. The predicted molar refractivity (Wildman–Crippen MR) is 138 cm³/mol. The first-order valence-electron chi connectivity index (χ1n) is 11.3. The van der Waals surface area contributed by atoms with Crippen molar-refractivity contribution in [2.45, 2.75) is 32.2 Å². The number of aryl methyl sites for hydroxylation is 1. The maximum atomic E-state index is 12.6. The first kappa shape index (κ1) is 25.5. The molecule has 6 nitrogen and oxygen atoms in total. The van der Waals surface area contributed by atoms with Crippen LogP contribution in [0.1, 0.15) is 30.5 Å². The second-order valence-electron chi connectivity index (χ2n) is 8.02. The van der Waals surface area contributed by atoms with Gasteiger partial charge >= 0.3 is 0 Å². The van der Waals surface area contributed by atoms with E-state index in [-0.39, 0.29) is 10.8 Å². The minimum atomic E-state index is -3.48. The molecule has 0 atom stereocenters. The molecule has 0 aliphatic carbocycles. The summed E-state index contributed by atoms with van der Waals surface area (Å²) in [6, 6.07) is 12.7. The van der Waals surface area contributed by atoms with E-state index in [1.54, 1.807) is 30.3 Å². The molecule has 1 fully saturated rings. The van der Waals surface area contributed by atoms with Gasteiger partial charge < -0.3 is 5.32 Å². The zero-order chi connectivity index (χ0) is 23.8. The SMILES string of the molecule is CCN(CC)S(=O)(=O)c1ccc(/C=C/C(=O)Nc2ccc(CN3CCSCC3)cc2C)cc1. The molecule has 33 heavy (non-hydrogen) atoms. The Bertz CT molecular complexity index is 1070. The van der Waals surface area contributed by atoms with Gasteiger partial charge in [-0.25, -0.2) is 8.42 Å². The molecule has 0 aromatic heterocycles. The van der Waals surface area contributed by atoms with Crippen LogP contribution in [0.5, 0.6) is 0 Å². The monoisotopic (exact) mass is 487 g/mol. The number of nitrogens with zero attached hydrogens (tertiary/aromatic N) is 2. The Morgan fingerprint density at radius 1 is 1.09 bits per heavy atom. The van der Waals surface area contributed by atoms with Crippen LogP contribution in [0.4, 0.5) is 5.69 Å². The Morgan fingerprint density at radius 2 is 1.76 bits per heavy atom. The number of thioether (sulfide) groups is 1. The molecule has 178 valence electrons. The number of hydrogen-bond acceptors (Lipinski definition) is 5. The molecule has 1 aliphatic rings. The average Bonchev–Trinajstić information content (AvgIpc) is 2.81. The van der Waals surface area contributed by atoms with Crippen molar-refractivity contribution >= 4 is 39.5 Å². The van der Waals surface area contributed by atoms with Crippen molar-refractivity contribution in [3.63, 3.8) is 0 Å². The maximum absolute atomic E-state index is 12.6. The third kappa shape index (κ3) is 6.93. The summed E-state index contributed by atoms with van der Waals surface area (Å²) in [7, 11) is -3.48. The molecule has 2 aromatic rings. The van der Waals surface area contributed by atoms with Crippen LogP contribution >= 0.6 is 11.8 Å². The Morgan fingerprint density at radius 3 is 2.36 bits per heavy atom. The molecule has 2 aromatic carbocycles. The summed E-state index contributed by atoms with van der Waals surface area (Å²) in [6.45, 7) is 9.68. The second-order valence-corrected chi connectivity index (χ2v) is 11.2. The van der Waals surface area contributed by atoms with E-state index >= 15 is 0 Å². The Labute approximate surface area is 202 Å². The topological polar surface area (TPSA) is 69.7 Å². The van der Waals surface area contributed by atoms with Crippen molar-refractivity contribution < 1.29 is 13.2 Å². The molecule has 8 heteroatoms. The summed E-state index contributed by atoms with van der Waals surface area (Å²) in [4.78, 5) is 15.1. The number of carbonyl (C=O) groups excluding carboxylic acids is 1. The number of anilines is 1. The molecule has 0 radical (unpaired) electrons. The fraction of sp³-hybridized carbons (Fsp3) is 0.400. The smallest absolute Gasteiger partial charge is 0.248 e. The van der Waals surface area contributed by atoms with Gasteiger partial charge in [-0.1, -0.05) is 38.1 Å². The van der Waals surface area contributed by atoms with E-state index in [0.717, 1.165) is 36.4 Å². The van der Waals surface area contributed by atoms with E-state index in [4.69, 9.17) is 0 Å². The van der Waals surface area contributed by atoms with E-state index in [1.165, 1.54) is 27.5 Å². The first-order valence-corrected chi connectivity index (χ1v) is 13.9. The number of nitrogens with one attached hydrogen (secondary N) is 1. The zero-order valence-electron chi connectivity index (χ0n) is 19.6. The van der Waals surface area contributed by atoms with E-state index in [2.05, 4.69) is 22.3 Å². The molecule has 3 rings (SSSR count). The second kappa shape index (κ2) is 11.8. The summed E-state index contributed by atoms with van der Waals surface area (Å²) in [5.74, 6) is 2.15. The molecule has 1 N–H and O–H groups in total. The van der Waals surface area contributed by atoms with Crippen LogP contribution in [0.3, 0.4) is 0 Å². The third-order valence-electron chi connectivity index (χ3n) is 5.71. The van der Waals surface area contributed by atoms with Crippen LogP contribution in [0.2, 0.25) is 0 Å².